The standard InChI is InChI=1S/C24H26N6O2S2/c1-29-11-13-30(14-12-29)34(31,32)20-8-4-6-18(16-20)26-24-27-22-10-3-2-9-21(22)23(28-24)25-17-19-7-5-15-33-19/h2-10,15-16H,11-14,17H2,1H3,(H2,25,26,27,28). The maximum atomic E-state index is 13.2. The van der Waals surface area contributed by atoms with E-state index in [1.165, 1.54) is 4.88 Å². The van der Waals surface area contributed by atoms with E-state index in [4.69, 9.17) is 4.98 Å². The van der Waals surface area contributed by atoms with Crippen molar-refractivity contribution in [2.24, 2.45) is 0 Å². The van der Waals surface area contributed by atoms with Gasteiger partial charge >= 0.3 is 0 Å². The summed E-state index contributed by atoms with van der Waals surface area (Å²) < 4.78 is 27.9. The molecule has 0 aliphatic carbocycles. The summed E-state index contributed by atoms with van der Waals surface area (Å²) in [6.07, 6.45) is 0. The molecule has 3 heterocycles. The molecule has 1 saturated heterocycles. The van der Waals surface area contributed by atoms with Crippen molar-refractivity contribution in [2.75, 3.05) is 43.9 Å². The predicted molar refractivity (Wildman–Crippen MR) is 137 cm³/mol. The van der Waals surface area contributed by atoms with Gasteiger partial charge in [-0.05, 0) is 48.8 Å². The third-order valence-corrected chi connectivity index (χ3v) is 8.57. The van der Waals surface area contributed by atoms with Crippen molar-refractivity contribution >= 4 is 49.7 Å². The molecule has 1 aliphatic heterocycles. The Labute approximate surface area is 203 Å². The number of hydrogen-bond donors (Lipinski definition) is 2. The second-order valence-corrected chi connectivity index (χ2v) is 11.2. The smallest absolute Gasteiger partial charge is 0.243 e. The van der Waals surface area contributed by atoms with Gasteiger partial charge in [-0.15, -0.1) is 11.3 Å². The molecular formula is C24H26N6O2S2. The van der Waals surface area contributed by atoms with Crippen LogP contribution in [0, 0.1) is 0 Å². The third-order valence-electron chi connectivity index (χ3n) is 5.80. The fraction of sp³-hybridized carbons (Fsp3) is 0.250. The summed E-state index contributed by atoms with van der Waals surface area (Å²) >= 11 is 1.68. The molecule has 2 aromatic heterocycles. The lowest BCUT2D eigenvalue weighted by Gasteiger charge is -2.31. The molecule has 0 atom stereocenters. The molecule has 1 aliphatic rings. The number of rotatable bonds is 7. The Balaban J connectivity index is 1.41. The monoisotopic (exact) mass is 494 g/mol. The molecule has 0 amide bonds. The lowest BCUT2D eigenvalue weighted by atomic mass is 10.2. The van der Waals surface area contributed by atoms with Crippen molar-refractivity contribution in [3.8, 4) is 0 Å². The summed E-state index contributed by atoms with van der Waals surface area (Å²) in [7, 11) is -1.56. The van der Waals surface area contributed by atoms with Crippen LogP contribution in [0.3, 0.4) is 0 Å². The van der Waals surface area contributed by atoms with E-state index in [2.05, 4.69) is 26.6 Å². The number of aromatic nitrogens is 2. The minimum atomic E-state index is -3.56. The molecule has 8 nitrogen and oxygen atoms in total. The van der Waals surface area contributed by atoms with Crippen molar-refractivity contribution in [1.82, 2.24) is 19.2 Å². The maximum absolute atomic E-state index is 13.2. The highest BCUT2D eigenvalue weighted by molar-refractivity contribution is 7.89. The molecule has 2 N–H and O–H groups in total. The number of fused-ring (bicyclic) bond motifs is 1. The zero-order valence-electron chi connectivity index (χ0n) is 18.8. The minimum absolute atomic E-state index is 0.263. The average Bonchev–Trinajstić information content (AvgIpc) is 3.37. The number of hydrogen-bond acceptors (Lipinski definition) is 8. The fourth-order valence-corrected chi connectivity index (χ4v) is 6.01. The van der Waals surface area contributed by atoms with Gasteiger partial charge in [0, 0.05) is 42.1 Å². The highest BCUT2D eigenvalue weighted by Gasteiger charge is 2.27. The molecule has 4 aromatic rings. The Kier molecular flexibility index (Phi) is 6.46. The number of benzene rings is 2. The molecule has 0 bridgehead atoms. The van der Waals surface area contributed by atoms with Gasteiger partial charge in [0.15, 0.2) is 0 Å². The molecule has 0 saturated carbocycles. The zero-order valence-corrected chi connectivity index (χ0v) is 20.4. The Morgan fingerprint density at radius 1 is 0.971 bits per heavy atom. The SMILES string of the molecule is CN1CCN(S(=O)(=O)c2cccc(Nc3nc(NCc4cccs4)c4ccccc4n3)c2)CC1. The summed E-state index contributed by atoms with van der Waals surface area (Å²) in [6.45, 7) is 3.09. The number of piperazine rings is 1. The van der Waals surface area contributed by atoms with Crippen LogP contribution in [0.1, 0.15) is 4.88 Å². The van der Waals surface area contributed by atoms with Crippen LogP contribution in [0.25, 0.3) is 10.9 Å². The molecule has 176 valence electrons. The first kappa shape index (κ1) is 22.7. The van der Waals surface area contributed by atoms with Crippen LogP contribution in [-0.2, 0) is 16.6 Å². The van der Waals surface area contributed by atoms with Crippen molar-refractivity contribution in [2.45, 2.75) is 11.4 Å². The van der Waals surface area contributed by atoms with E-state index in [9.17, 15) is 8.42 Å². The summed E-state index contributed by atoms with van der Waals surface area (Å²) in [5.74, 6) is 1.13. The normalized spacial score (nSPS) is 15.4. The van der Waals surface area contributed by atoms with Crippen LogP contribution in [0.4, 0.5) is 17.5 Å². The Morgan fingerprint density at radius 2 is 1.79 bits per heavy atom. The lowest BCUT2D eigenvalue weighted by molar-refractivity contribution is 0.222. The van der Waals surface area contributed by atoms with Crippen LogP contribution >= 0.6 is 11.3 Å². The van der Waals surface area contributed by atoms with E-state index in [1.54, 1.807) is 33.8 Å². The van der Waals surface area contributed by atoms with Crippen LogP contribution < -0.4 is 10.6 Å². The van der Waals surface area contributed by atoms with Gasteiger partial charge in [0.05, 0.1) is 17.0 Å². The molecule has 34 heavy (non-hydrogen) atoms. The Bertz CT molecular complexity index is 1380. The molecule has 0 radical (unpaired) electrons. The van der Waals surface area contributed by atoms with E-state index in [0.717, 1.165) is 29.8 Å². The minimum Gasteiger partial charge on any atom is -0.364 e. The first-order valence-electron chi connectivity index (χ1n) is 11.1. The van der Waals surface area contributed by atoms with E-state index in [0.29, 0.717) is 31.3 Å². The van der Waals surface area contributed by atoms with Crippen molar-refractivity contribution in [1.29, 1.82) is 0 Å². The highest BCUT2D eigenvalue weighted by atomic mass is 32.2. The summed E-state index contributed by atoms with van der Waals surface area (Å²) in [4.78, 5) is 12.9. The van der Waals surface area contributed by atoms with Gasteiger partial charge in [-0.1, -0.05) is 24.3 Å². The maximum Gasteiger partial charge on any atom is 0.243 e. The van der Waals surface area contributed by atoms with Crippen molar-refractivity contribution in [3.63, 3.8) is 0 Å². The fourth-order valence-electron chi connectivity index (χ4n) is 3.89. The van der Waals surface area contributed by atoms with E-state index < -0.39 is 10.0 Å². The van der Waals surface area contributed by atoms with Crippen LogP contribution in [0.15, 0.2) is 70.9 Å². The topological polar surface area (TPSA) is 90.5 Å². The van der Waals surface area contributed by atoms with Crippen molar-refractivity contribution in [3.05, 3.63) is 70.9 Å². The van der Waals surface area contributed by atoms with Gasteiger partial charge in [0.1, 0.15) is 5.82 Å². The van der Waals surface area contributed by atoms with E-state index in [-0.39, 0.29) is 4.90 Å². The van der Waals surface area contributed by atoms with Gasteiger partial charge in [0.2, 0.25) is 16.0 Å². The molecular weight excluding hydrogens is 468 g/mol. The van der Waals surface area contributed by atoms with E-state index >= 15 is 0 Å². The molecule has 0 unspecified atom stereocenters. The second kappa shape index (κ2) is 9.67. The first-order valence-corrected chi connectivity index (χ1v) is 13.4. The molecule has 5 rings (SSSR count). The number of para-hydroxylation sites is 1. The highest BCUT2D eigenvalue weighted by Crippen LogP contribution is 2.26. The number of anilines is 3. The average molecular weight is 495 g/mol. The Hall–Kier alpha value is -3.05. The molecule has 1 fully saturated rings. The van der Waals surface area contributed by atoms with Gasteiger partial charge in [-0.2, -0.15) is 9.29 Å². The zero-order chi connectivity index (χ0) is 23.5. The van der Waals surface area contributed by atoms with Crippen LogP contribution in [0.2, 0.25) is 0 Å². The van der Waals surface area contributed by atoms with Gasteiger partial charge < -0.3 is 15.5 Å². The van der Waals surface area contributed by atoms with Crippen LogP contribution in [0.5, 0.6) is 0 Å². The third kappa shape index (κ3) is 4.90. The number of sulfonamides is 1. The van der Waals surface area contributed by atoms with E-state index in [1.807, 2.05) is 48.8 Å². The largest absolute Gasteiger partial charge is 0.364 e. The molecule has 2 aromatic carbocycles. The summed E-state index contributed by atoms with van der Waals surface area (Å²) in [6, 6.07) is 18.8. The van der Waals surface area contributed by atoms with Gasteiger partial charge in [-0.25, -0.2) is 13.4 Å². The number of nitrogens with one attached hydrogen (secondary N) is 2. The first-order chi connectivity index (χ1) is 16.5. The molecule has 0 spiro atoms. The van der Waals surface area contributed by atoms with Crippen LogP contribution in [-0.4, -0.2) is 60.8 Å². The predicted octanol–water partition coefficient (Wildman–Crippen LogP) is 3.98. The lowest BCUT2D eigenvalue weighted by Crippen LogP contribution is -2.47. The van der Waals surface area contributed by atoms with Crippen molar-refractivity contribution < 1.29 is 8.42 Å². The Morgan fingerprint density at radius 3 is 2.59 bits per heavy atom. The van der Waals surface area contributed by atoms with Gasteiger partial charge in [0.25, 0.3) is 0 Å². The number of nitrogens with zero attached hydrogens (tertiary/aromatic N) is 4. The molecule has 10 heteroatoms. The number of likely N-dealkylation sites (N-methyl/N-ethyl adjacent to an activating group) is 1. The quantitative estimate of drug-likeness (QED) is 0.402. The summed E-state index contributed by atoms with van der Waals surface area (Å²) in [5, 5.41) is 9.59. The summed E-state index contributed by atoms with van der Waals surface area (Å²) in [5.41, 5.74) is 1.42. The second-order valence-electron chi connectivity index (χ2n) is 8.21. The number of thiophene rings is 1. The van der Waals surface area contributed by atoms with Gasteiger partial charge in [-0.3, -0.25) is 0 Å².